The molecule has 7 heteroatoms. The molecule has 136 valence electrons. The smallest absolute Gasteiger partial charge is 0.373 e. The number of halogens is 3. The third-order valence-electron chi connectivity index (χ3n) is 4.34. The molecule has 4 nitrogen and oxygen atoms in total. The number of anilines is 2. The van der Waals surface area contributed by atoms with Gasteiger partial charge >= 0.3 is 6.18 Å². The summed E-state index contributed by atoms with van der Waals surface area (Å²) in [5.74, 6) is -0.846. The van der Waals surface area contributed by atoms with E-state index < -0.39 is 23.7 Å². The second-order valence-corrected chi connectivity index (χ2v) is 6.29. The molecule has 26 heavy (non-hydrogen) atoms. The summed E-state index contributed by atoms with van der Waals surface area (Å²) in [6.45, 7) is 3.60. The van der Waals surface area contributed by atoms with Crippen LogP contribution in [0.25, 0.3) is 0 Å². The Labute approximate surface area is 148 Å². The van der Waals surface area contributed by atoms with Crippen molar-refractivity contribution in [2.45, 2.75) is 32.5 Å². The Bertz CT molecular complexity index is 857. The summed E-state index contributed by atoms with van der Waals surface area (Å²) < 4.78 is 38.5. The maximum Gasteiger partial charge on any atom is 0.416 e. The third kappa shape index (κ3) is 3.29. The van der Waals surface area contributed by atoms with Crippen molar-refractivity contribution in [2.75, 3.05) is 10.2 Å². The van der Waals surface area contributed by atoms with Crippen LogP contribution in [0.5, 0.6) is 0 Å². The van der Waals surface area contributed by atoms with Gasteiger partial charge < -0.3 is 5.32 Å². The zero-order valence-electron chi connectivity index (χ0n) is 14.2. The van der Waals surface area contributed by atoms with Gasteiger partial charge in [-0.05, 0) is 43.2 Å². The fourth-order valence-corrected chi connectivity index (χ4v) is 3.12. The topological polar surface area (TPSA) is 49.4 Å². The number of carbonyl (C=O) groups excluding carboxylic acids is 2. The number of alkyl halides is 3. The molecular formula is C19H17F3N2O2. The molecule has 1 N–H and O–H groups in total. The molecule has 1 aliphatic heterocycles. The van der Waals surface area contributed by atoms with E-state index >= 15 is 0 Å². The number of aryl methyl sites for hydroxylation is 2. The van der Waals surface area contributed by atoms with Gasteiger partial charge in [-0.15, -0.1) is 0 Å². The molecule has 2 aromatic carbocycles. The minimum absolute atomic E-state index is 0.108. The Kier molecular flexibility index (Phi) is 4.48. The molecule has 0 aromatic heterocycles. The predicted octanol–water partition coefficient (Wildman–Crippen LogP) is 4.07. The number of amides is 2. The number of imide groups is 1. The van der Waals surface area contributed by atoms with Crippen LogP contribution in [-0.4, -0.2) is 17.9 Å². The van der Waals surface area contributed by atoms with E-state index in [2.05, 4.69) is 5.32 Å². The highest BCUT2D eigenvalue weighted by molar-refractivity contribution is 6.23. The number of nitrogens with one attached hydrogen (secondary N) is 1. The molecular weight excluding hydrogens is 345 g/mol. The Morgan fingerprint density at radius 1 is 1.04 bits per heavy atom. The lowest BCUT2D eigenvalue weighted by Gasteiger charge is -2.20. The fourth-order valence-electron chi connectivity index (χ4n) is 3.12. The fraction of sp³-hybridized carbons (Fsp3) is 0.263. The number of nitrogens with zero attached hydrogens (tertiary/aromatic N) is 1. The van der Waals surface area contributed by atoms with Crippen LogP contribution in [0.4, 0.5) is 24.5 Å². The summed E-state index contributed by atoms with van der Waals surface area (Å²) in [6, 6.07) is 9.12. The lowest BCUT2D eigenvalue weighted by Crippen LogP contribution is -2.35. The minimum atomic E-state index is -4.47. The normalized spacial score (nSPS) is 17.7. The molecule has 0 radical (unpaired) electrons. The van der Waals surface area contributed by atoms with Crippen molar-refractivity contribution in [2.24, 2.45) is 0 Å². The molecule has 0 unspecified atom stereocenters. The molecule has 1 heterocycles. The van der Waals surface area contributed by atoms with E-state index in [-0.39, 0.29) is 18.0 Å². The molecule has 3 rings (SSSR count). The standard InChI is InChI=1S/C19H17F3N2O2/c1-11-5-3-6-12(2)17(11)24-16(25)10-15(18(24)26)23-14-8-4-7-13(9-14)19(20,21)22/h3-9,15,23H,10H2,1-2H3/t15-/m0/s1. The van der Waals surface area contributed by atoms with Crippen LogP contribution in [0.15, 0.2) is 42.5 Å². The van der Waals surface area contributed by atoms with Crippen LogP contribution in [0, 0.1) is 13.8 Å². The SMILES string of the molecule is Cc1cccc(C)c1N1C(=O)C[C@H](Nc2cccc(C(F)(F)F)c2)C1=O. The van der Waals surface area contributed by atoms with Gasteiger partial charge in [0.1, 0.15) is 6.04 Å². The summed E-state index contributed by atoms with van der Waals surface area (Å²) in [5, 5.41) is 2.76. The number of benzene rings is 2. The van der Waals surface area contributed by atoms with E-state index in [9.17, 15) is 22.8 Å². The first-order valence-electron chi connectivity index (χ1n) is 8.05. The van der Waals surface area contributed by atoms with Crippen molar-refractivity contribution < 1.29 is 22.8 Å². The average molecular weight is 362 g/mol. The summed E-state index contributed by atoms with van der Waals surface area (Å²) >= 11 is 0. The Morgan fingerprint density at radius 3 is 2.27 bits per heavy atom. The van der Waals surface area contributed by atoms with Gasteiger partial charge in [0.15, 0.2) is 0 Å². The molecule has 2 amide bonds. The molecule has 2 aromatic rings. The molecule has 0 saturated carbocycles. The van der Waals surface area contributed by atoms with Crippen LogP contribution in [0.1, 0.15) is 23.1 Å². The van der Waals surface area contributed by atoms with Gasteiger partial charge in [-0.25, -0.2) is 4.90 Å². The molecule has 1 fully saturated rings. The first kappa shape index (κ1) is 18.0. The highest BCUT2D eigenvalue weighted by Gasteiger charge is 2.41. The molecule has 1 aliphatic rings. The zero-order chi connectivity index (χ0) is 19.1. The number of para-hydroxylation sites is 1. The van der Waals surface area contributed by atoms with Crippen molar-refractivity contribution in [3.05, 3.63) is 59.2 Å². The first-order valence-corrected chi connectivity index (χ1v) is 8.05. The highest BCUT2D eigenvalue weighted by Crippen LogP contribution is 2.33. The lowest BCUT2D eigenvalue weighted by molar-refractivity contribution is -0.137. The van der Waals surface area contributed by atoms with Gasteiger partial charge in [0.05, 0.1) is 17.7 Å². The predicted molar refractivity (Wildman–Crippen MR) is 91.9 cm³/mol. The minimum Gasteiger partial charge on any atom is -0.373 e. The van der Waals surface area contributed by atoms with Gasteiger partial charge in [-0.2, -0.15) is 13.2 Å². The van der Waals surface area contributed by atoms with E-state index in [4.69, 9.17) is 0 Å². The van der Waals surface area contributed by atoms with Crippen LogP contribution < -0.4 is 10.2 Å². The van der Waals surface area contributed by atoms with E-state index in [0.717, 1.165) is 28.2 Å². The van der Waals surface area contributed by atoms with Crippen molar-refractivity contribution in [1.82, 2.24) is 0 Å². The highest BCUT2D eigenvalue weighted by atomic mass is 19.4. The third-order valence-corrected chi connectivity index (χ3v) is 4.34. The Morgan fingerprint density at radius 2 is 1.65 bits per heavy atom. The van der Waals surface area contributed by atoms with Crippen molar-refractivity contribution in [3.8, 4) is 0 Å². The molecule has 1 atom stereocenters. The first-order chi connectivity index (χ1) is 12.2. The van der Waals surface area contributed by atoms with Crippen LogP contribution in [0.2, 0.25) is 0 Å². The van der Waals surface area contributed by atoms with Crippen LogP contribution in [-0.2, 0) is 15.8 Å². The maximum absolute atomic E-state index is 12.8. The van der Waals surface area contributed by atoms with Crippen molar-refractivity contribution >= 4 is 23.2 Å². The largest absolute Gasteiger partial charge is 0.416 e. The van der Waals surface area contributed by atoms with Gasteiger partial charge in [-0.3, -0.25) is 9.59 Å². The van der Waals surface area contributed by atoms with Crippen LogP contribution in [0.3, 0.4) is 0 Å². The summed E-state index contributed by atoms with van der Waals surface area (Å²) in [7, 11) is 0. The van der Waals surface area contributed by atoms with Crippen molar-refractivity contribution in [1.29, 1.82) is 0 Å². The van der Waals surface area contributed by atoms with Gasteiger partial charge in [0.2, 0.25) is 5.91 Å². The molecule has 0 spiro atoms. The number of rotatable bonds is 3. The maximum atomic E-state index is 12.8. The van der Waals surface area contributed by atoms with E-state index in [0.29, 0.717) is 5.69 Å². The van der Waals surface area contributed by atoms with Gasteiger partial charge in [0.25, 0.3) is 5.91 Å². The Balaban J connectivity index is 1.86. The summed E-state index contributed by atoms with van der Waals surface area (Å²) in [5.41, 5.74) is 1.44. The summed E-state index contributed by atoms with van der Waals surface area (Å²) in [4.78, 5) is 26.2. The molecule has 1 saturated heterocycles. The van der Waals surface area contributed by atoms with E-state index in [1.807, 2.05) is 6.07 Å². The number of carbonyl (C=O) groups is 2. The quantitative estimate of drug-likeness (QED) is 0.838. The van der Waals surface area contributed by atoms with Crippen LogP contribution >= 0.6 is 0 Å². The van der Waals surface area contributed by atoms with E-state index in [1.165, 1.54) is 12.1 Å². The number of hydrogen-bond acceptors (Lipinski definition) is 3. The molecule has 0 aliphatic carbocycles. The second-order valence-electron chi connectivity index (χ2n) is 6.29. The van der Waals surface area contributed by atoms with Gasteiger partial charge in [0, 0.05) is 5.69 Å². The van der Waals surface area contributed by atoms with Crippen molar-refractivity contribution in [3.63, 3.8) is 0 Å². The summed E-state index contributed by atoms with van der Waals surface area (Å²) in [6.07, 6.45) is -4.58. The lowest BCUT2D eigenvalue weighted by atomic mass is 10.1. The number of hydrogen-bond donors (Lipinski definition) is 1. The zero-order valence-corrected chi connectivity index (χ0v) is 14.2. The second kappa shape index (κ2) is 6.48. The average Bonchev–Trinajstić information content (AvgIpc) is 2.82. The molecule has 0 bridgehead atoms. The Hall–Kier alpha value is -2.83. The monoisotopic (exact) mass is 362 g/mol. The van der Waals surface area contributed by atoms with Gasteiger partial charge in [-0.1, -0.05) is 24.3 Å². The van der Waals surface area contributed by atoms with E-state index in [1.54, 1.807) is 26.0 Å².